The first kappa shape index (κ1) is 14.5. The highest BCUT2D eigenvalue weighted by Gasteiger charge is 2.28. The van der Waals surface area contributed by atoms with Gasteiger partial charge in [0.1, 0.15) is 0 Å². The van der Waals surface area contributed by atoms with Crippen LogP contribution in [0, 0.1) is 11.3 Å². The van der Waals surface area contributed by atoms with Gasteiger partial charge in [0, 0.05) is 11.4 Å². The summed E-state index contributed by atoms with van der Waals surface area (Å²) in [5.41, 5.74) is 5.81. The summed E-state index contributed by atoms with van der Waals surface area (Å²) >= 11 is 0. The summed E-state index contributed by atoms with van der Waals surface area (Å²) < 4.78 is 0. The van der Waals surface area contributed by atoms with Crippen molar-refractivity contribution in [3.8, 4) is 6.07 Å². The lowest BCUT2D eigenvalue weighted by molar-refractivity contribution is 0.604. The van der Waals surface area contributed by atoms with E-state index in [0.717, 1.165) is 18.5 Å². The average molecular weight is 310 g/mol. The van der Waals surface area contributed by atoms with E-state index in [9.17, 15) is 0 Å². The van der Waals surface area contributed by atoms with Crippen LogP contribution in [0.1, 0.15) is 29.2 Å². The number of hydrogen-bond acceptors (Lipinski definition) is 2. The Kier molecular flexibility index (Phi) is 3.76. The summed E-state index contributed by atoms with van der Waals surface area (Å²) in [5.74, 6) is 0. The van der Waals surface area contributed by atoms with E-state index in [1.165, 1.54) is 16.8 Å². The summed E-state index contributed by atoms with van der Waals surface area (Å²) in [4.78, 5) is 2.41. The van der Waals surface area contributed by atoms with Crippen molar-refractivity contribution in [2.45, 2.75) is 18.9 Å². The topological polar surface area (TPSA) is 27.0 Å². The number of fused-ring (bicyclic) bond motifs is 1. The highest BCUT2D eigenvalue weighted by Crippen LogP contribution is 2.43. The van der Waals surface area contributed by atoms with Gasteiger partial charge in [0.2, 0.25) is 0 Å². The van der Waals surface area contributed by atoms with Crippen molar-refractivity contribution in [3.63, 3.8) is 0 Å². The maximum absolute atomic E-state index is 9.06. The number of aryl methyl sites for hydroxylation is 1. The van der Waals surface area contributed by atoms with Crippen molar-refractivity contribution in [2.24, 2.45) is 0 Å². The fourth-order valence-electron chi connectivity index (χ4n) is 3.55. The Morgan fingerprint density at radius 1 is 0.833 bits per heavy atom. The third-order valence-corrected chi connectivity index (χ3v) is 4.71. The minimum Gasteiger partial charge on any atom is -0.334 e. The lowest BCUT2D eigenvalue weighted by Crippen LogP contribution is -2.29. The minimum absolute atomic E-state index is 0.314. The molecule has 0 aromatic heterocycles. The average Bonchev–Trinajstić information content (AvgIpc) is 2.68. The van der Waals surface area contributed by atoms with Crippen LogP contribution in [0.15, 0.2) is 78.9 Å². The molecule has 0 radical (unpaired) electrons. The molecule has 3 aromatic rings. The second-order valence-electron chi connectivity index (χ2n) is 6.12. The Bertz CT molecular complexity index is 876. The molecule has 2 heteroatoms. The number of nitriles is 1. The van der Waals surface area contributed by atoms with Crippen molar-refractivity contribution in [1.29, 1.82) is 5.26 Å². The van der Waals surface area contributed by atoms with E-state index in [2.05, 4.69) is 77.7 Å². The van der Waals surface area contributed by atoms with E-state index < -0.39 is 0 Å². The van der Waals surface area contributed by atoms with Crippen LogP contribution in [0.2, 0.25) is 0 Å². The smallest absolute Gasteiger partial charge is 0.0991 e. The Balaban J connectivity index is 1.84. The number of benzene rings is 3. The van der Waals surface area contributed by atoms with E-state index in [1.807, 2.05) is 12.1 Å². The van der Waals surface area contributed by atoms with Gasteiger partial charge < -0.3 is 4.90 Å². The zero-order valence-electron chi connectivity index (χ0n) is 13.4. The van der Waals surface area contributed by atoms with E-state index in [4.69, 9.17) is 5.26 Å². The van der Waals surface area contributed by atoms with Gasteiger partial charge in [-0.1, -0.05) is 48.5 Å². The Hall–Kier alpha value is -3.05. The fraction of sp³-hybridized carbons (Fsp3) is 0.136. The van der Waals surface area contributed by atoms with E-state index in [1.54, 1.807) is 0 Å². The zero-order chi connectivity index (χ0) is 16.4. The minimum atomic E-state index is 0.314. The lowest BCUT2D eigenvalue weighted by atomic mass is 9.90. The third-order valence-electron chi connectivity index (χ3n) is 4.71. The van der Waals surface area contributed by atoms with Crippen molar-refractivity contribution in [1.82, 2.24) is 0 Å². The molecule has 0 saturated heterocycles. The van der Waals surface area contributed by atoms with Crippen molar-refractivity contribution in [3.05, 3.63) is 95.6 Å². The molecule has 1 aliphatic rings. The molecule has 0 amide bonds. The highest BCUT2D eigenvalue weighted by atomic mass is 15.2. The van der Waals surface area contributed by atoms with Crippen molar-refractivity contribution >= 4 is 11.4 Å². The Morgan fingerprint density at radius 3 is 2.29 bits per heavy atom. The number of nitrogens with zero attached hydrogens (tertiary/aromatic N) is 2. The van der Waals surface area contributed by atoms with Crippen LogP contribution >= 0.6 is 0 Å². The van der Waals surface area contributed by atoms with Crippen LogP contribution in [0.5, 0.6) is 0 Å². The first-order valence-corrected chi connectivity index (χ1v) is 8.29. The second-order valence-corrected chi connectivity index (χ2v) is 6.12. The quantitative estimate of drug-likeness (QED) is 0.635. The molecule has 116 valence electrons. The molecule has 24 heavy (non-hydrogen) atoms. The van der Waals surface area contributed by atoms with Crippen molar-refractivity contribution < 1.29 is 0 Å². The number of para-hydroxylation sites is 1. The molecule has 1 atom stereocenters. The Labute approximate surface area is 142 Å². The molecule has 0 spiro atoms. The standard InChI is InChI=1S/C22H18N2/c23-16-17-10-13-20(14-11-17)24-21-9-5-4-8-19(21)12-15-22(24)18-6-2-1-3-7-18/h1-11,13-14,22H,12,15H2/t22-/m1/s1. The van der Waals surface area contributed by atoms with Crippen LogP contribution in [-0.4, -0.2) is 0 Å². The van der Waals surface area contributed by atoms with Crippen LogP contribution in [0.3, 0.4) is 0 Å². The van der Waals surface area contributed by atoms with Gasteiger partial charge in [-0.05, 0) is 54.3 Å². The monoisotopic (exact) mass is 310 g/mol. The molecular formula is C22H18N2. The number of rotatable bonds is 2. The van der Waals surface area contributed by atoms with Crippen LogP contribution < -0.4 is 4.90 Å². The van der Waals surface area contributed by atoms with Gasteiger partial charge in [-0.25, -0.2) is 0 Å². The summed E-state index contributed by atoms with van der Waals surface area (Å²) in [6, 6.07) is 29.7. The van der Waals surface area contributed by atoms with Gasteiger partial charge in [-0.2, -0.15) is 5.26 Å². The molecule has 1 heterocycles. The molecule has 3 aromatic carbocycles. The van der Waals surface area contributed by atoms with Crippen molar-refractivity contribution in [2.75, 3.05) is 4.90 Å². The van der Waals surface area contributed by atoms with E-state index >= 15 is 0 Å². The molecule has 0 unspecified atom stereocenters. The number of hydrogen-bond donors (Lipinski definition) is 0. The largest absolute Gasteiger partial charge is 0.334 e. The molecule has 2 nitrogen and oxygen atoms in total. The van der Waals surface area contributed by atoms with Gasteiger partial charge in [0.25, 0.3) is 0 Å². The maximum atomic E-state index is 9.06. The summed E-state index contributed by atoms with van der Waals surface area (Å²) in [6.45, 7) is 0. The van der Waals surface area contributed by atoms with E-state index in [-0.39, 0.29) is 0 Å². The zero-order valence-corrected chi connectivity index (χ0v) is 13.4. The van der Waals surface area contributed by atoms with Gasteiger partial charge >= 0.3 is 0 Å². The molecular weight excluding hydrogens is 292 g/mol. The summed E-state index contributed by atoms with van der Waals surface area (Å²) in [5, 5.41) is 9.06. The van der Waals surface area contributed by atoms with Crippen LogP contribution in [-0.2, 0) is 6.42 Å². The fourth-order valence-corrected chi connectivity index (χ4v) is 3.55. The van der Waals surface area contributed by atoms with Gasteiger partial charge in [0.15, 0.2) is 0 Å². The van der Waals surface area contributed by atoms with E-state index in [0.29, 0.717) is 11.6 Å². The first-order chi connectivity index (χ1) is 11.9. The predicted molar refractivity (Wildman–Crippen MR) is 97.2 cm³/mol. The van der Waals surface area contributed by atoms with Crippen LogP contribution in [0.4, 0.5) is 11.4 Å². The number of anilines is 2. The Morgan fingerprint density at radius 2 is 1.54 bits per heavy atom. The predicted octanol–water partition coefficient (Wildman–Crippen LogP) is 5.38. The SMILES string of the molecule is N#Cc1ccc(N2c3ccccc3CC[C@@H]2c2ccccc2)cc1. The molecule has 0 N–H and O–H groups in total. The molecule has 0 aliphatic carbocycles. The molecule has 1 aliphatic heterocycles. The molecule has 0 fully saturated rings. The third kappa shape index (κ3) is 2.55. The maximum Gasteiger partial charge on any atom is 0.0991 e. The first-order valence-electron chi connectivity index (χ1n) is 8.29. The van der Waals surface area contributed by atoms with Gasteiger partial charge in [-0.15, -0.1) is 0 Å². The lowest BCUT2D eigenvalue weighted by Gasteiger charge is -2.39. The molecule has 4 rings (SSSR count). The van der Waals surface area contributed by atoms with Crippen LogP contribution in [0.25, 0.3) is 0 Å². The summed E-state index contributed by atoms with van der Waals surface area (Å²) in [6.07, 6.45) is 2.17. The summed E-state index contributed by atoms with van der Waals surface area (Å²) in [7, 11) is 0. The molecule has 0 saturated carbocycles. The molecule has 0 bridgehead atoms. The second kappa shape index (κ2) is 6.22. The van der Waals surface area contributed by atoms with Gasteiger partial charge in [-0.3, -0.25) is 0 Å². The normalized spacial score (nSPS) is 16.3. The van der Waals surface area contributed by atoms with Gasteiger partial charge in [0.05, 0.1) is 17.7 Å². The highest BCUT2D eigenvalue weighted by molar-refractivity contribution is 5.70.